The zero-order valence-electron chi connectivity index (χ0n) is 21.8. The molecule has 0 radical (unpaired) electrons. The number of amides is 1. The summed E-state index contributed by atoms with van der Waals surface area (Å²) in [6.07, 6.45) is 0.00581. The van der Waals surface area contributed by atoms with Gasteiger partial charge in [0.05, 0.1) is 27.7 Å². The van der Waals surface area contributed by atoms with Crippen LogP contribution in [-0.4, -0.2) is 49.7 Å². The van der Waals surface area contributed by atoms with E-state index in [2.05, 4.69) is 21.4 Å². The van der Waals surface area contributed by atoms with Crippen LogP contribution in [0.2, 0.25) is 5.02 Å². The smallest absolute Gasteiger partial charge is 0.410 e. The monoisotopic (exact) mass is 526 g/mol. The number of rotatable bonds is 7. The summed E-state index contributed by atoms with van der Waals surface area (Å²) in [5, 5.41) is 13.3. The average Bonchev–Trinajstić information content (AvgIpc) is 2.78. The molecule has 2 heterocycles. The average molecular weight is 527 g/mol. The number of aryl methyl sites for hydroxylation is 1. The zero-order valence-corrected chi connectivity index (χ0v) is 22.5. The van der Waals surface area contributed by atoms with E-state index in [9.17, 15) is 14.9 Å². The lowest BCUT2D eigenvalue weighted by Crippen LogP contribution is -2.36. The van der Waals surface area contributed by atoms with Crippen molar-refractivity contribution >= 4 is 40.4 Å². The number of carbonyl (C=O) groups excluding carboxylic acids is 1. The minimum absolute atomic E-state index is 0.0204. The standard InChI is InChI=1S/C25H31ClN8O3/c1-14-16(13-27)20(32-23(28)30-14)29-15(2)21-31-18-10-7-9-17(26)19(18)22(35)34(21)12-8-11-33(6)24(36)37-25(3,4)5/h7,9-10,15H,8,11-12H2,1-6H3,(H3,28,29,30,32)/t15-/m0/s1. The first kappa shape index (κ1) is 27.7. The Kier molecular flexibility index (Phi) is 8.23. The molecule has 196 valence electrons. The van der Waals surface area contributed by atoms with Crippen LogP contribution in [0.3, 0.4) is 0 Å². The molecule has 1 atom stereocenters. The van der Waals surface area contributed by atoms with Gasteiger partial charge >= 0.3 is 6.09 Å². The van der Waals surface area contributed by atoms with Crippen LogP contribution in [-0.2, 0) is 11.3 Å². The molecule has 0 saturated heterocycles. The van der Waals surface area contributed by atoms with Crippen molar-refractivity contribution in [1.29, 1.82) is 5.26 Å². The van der Waals surface area contributed by atoms with E-state index < -0.39 is 17.7 Å². The number of nitrogens with zero attached hydrogens (tertiary/aromatic N) is 6. The van der Waals surface area contributed by atoms with Crippen molar-refractivity contribution in [2.75, 3.05) is 24.6 Å². The Morgan fingerprint density at radius 2 is 2.03 bits per heavy atom. The first-order chi connectivity index (χ1) is 17.3. The van der Waals surface area contributed by atoms with Gasteiger partial charge in [-0.15, -0.1) is 0 Å². The highest BCUT2D eigenvalue weighted by molar-refractivity contribution is 6.35. The van der Waals surface area contributed by atoms with Gasteiger partial charge in [0, 0.05) is 20.1 Å². The largest absolute Gasteiger partial charge is 0.444 e. The van der Waals surface area contributed by atoms with Crippen molar-refractivity contribution < 1.29 is 9.53 Å². The van der Waals surface area contributed by atoms with Gasteiger partial charge in [0.1, 0.15) is 28.9 Å². The molecule has 3 N–H and O–H groups in total. The molecule has 2 aromatic heterocycles. The molecular formula is C25H31ClN8O3. The van der Waals surface area contributed by atoms with Crippen LogP contribution in [0.1, 0.15) is 57.2 Å². The molecule has 1 amide bonds. The summed E-state index contributed by atoms with van der Waals surface area (Å²) in [5.74, 6) is 0.682. The molecule has 0 spiro atoms. The Hall–Kier alpha value is -3.91. The van der Waals surface area contributed by atoms with Gasteiger partial charge < -0.3 is 20.7 Å². The van der Waals surface area contributed by atoms with Crippen molar-refractivity contribution in [2.24, 2.45) is 0 Å². The second-order valence-corrected chi connectivity index (χ2v) is 10.1. The number of aromatic nitrogens is 4. The number of nitrogen functional groups attached to an aromatic ring is 1. The van der Waals surface area contributed by atoms with Crippen LogP contribution in [0.5, 0.6) is 0 Å². The molecular weight excluding hydrogens is 496 g/mol. The lowest BCUT2D eigenvalue weighted by atomic mass is 10.2. The number of hydrogen-bond donors (Lipinski definition) is 2. The summed E-state index contributed by atoms with van der Waals surface area (Å²) < 4.78 is 6.92. The molecule has 0 aliphatic carbocycles. The number of nitrogens with one attached hydrogen (secondary N) is 1. The molecule has 3 aromatic rings. The molecule has 0 saturated carbocycles. The summed E-state index contributed by atoms with van der Waals surface area (Å²) in [5.41, 5.74) is 6.01. The van der Waals surface area contributed by atoms with Crippen molar-refractivity contribution in [3.63, 3.8) is 0 Å². The summed E-state index contributed by atoms with van der Waals surface area (Å²) >= 11 is 6.35. The first-order valence-corrected chi connectivity index (χ1v) is 12.1. The summed E-state index contributed by atoms with van der Waals surface area (Å²) in [6.45, 7) is 9.48. The Morgan fingerprint density at radius 1 is 1.32 bits per heavy atom. The van der Waals surface area contributed by atoms with Gasteiger partial charge in [-0.25, -0.2) is 14.8 Å². The molecule has 0 fully saturated rings. The molecule has 11 nitrogen and oxygen atoms in total. The Balaban J connectivity index is 1.96. The Labute approximate surface area is 220 Å². The van der Waals surface area contributed by atoms with E-state index in [0.29, 0.717) is 40.4 Å². The Morgan fingerprint density at radius 3 is 2.68 bits per heavy atom. The third kappa shape index (κ3) is 6.46. The van der Waals surface area contributed by atoms with Gasteiger partial charge in [0.15, 0.2) is 0 Å². The Bertz CT molecular complexity index is 1420. The fourth-order valence-electron chi connectivity index (χ4n) is 3.79. The van der Waals surface area contributed by atoms with Crippen LogP contribution in [0.25, 0.3) is 10.9 Å². The lowest BCUT2D eigenvalue weighted by Gasteiger charge is -2.25. The molecule has 0 unspecified atom stereocenters. The van der Waals surface area contributed by atoms with Gasteiger partial charge in [0.2, 0.25) is 5.95 Å². The summed E-state index contributed by atoms with van der Waals surface area (Å²) in [6, 6.07) is 6.62. The van der Waals surface area contributed by atoms with E-state index in [-0.39, 0.29) is 29.4 Å². The molecule has 12 heteroatoms. The fraction of sp³-hybridized carbons (Fsp3) is 0.440. The third-order valence-corrected chi connectivity index (χ3v) is 5.82. The summed E-state index contributed by atoms with van der Waals surface area (Å²) in [7, 11) is 1.64. The number of nitrogens with two attached hydrogens (primary N) is 1. The predicted octanol–water partition coefficient (Wildman–Crippen LogP) is 4.03. The number of anilines is 2. The van der Waals surface area contributed by atoms with Gasteiger partial charge in [-0.3, -0.25) is 9.36 Å². The first-order valence-electron chi connectivity index (χ1n) is 11.8. The zero-order chi connectivity index (χ0) is 27.5. The quantitative estimate of drug-likeness (QED) is 0.464. The SMILES string of the molecule is Cc1nc(N)nc(N[C@@H](C)c2nc3cccc(Cl)c3c(=O)n2CCCN(C)C(=O)OC(C)(C)C)c1C#N. The minimum Gasteiger partial charge on any atom is -0.444 e. The number of carbonyl (C=O) groups is 1. The van der Waals surface area contributed by atoms with E-state index in [1.165, 1.54) is 9.47 Å². The number of hydrogen-bond acceptors (Lipinski definition) is 9. The van der Waals surface area contributed by atoms with Crippen LogP contribution in [0, 0.1) is 18.3 Å². The second kappa shape index (κ2) is 11.0. The molecule has 0 bridgehead atoms. The topological polar surface area (TPSA) is 152 Å². The van der Waals surface area contributed by atoms with Crippen molar-refractivity contribution in [3.05, 3.63) is 50.7 Å². The van der Waals surface area contributed by atoms with E-state index in [0.717, 1.165) is 0 Å². The maximum Gasteiger partial charge on any atom is 0.410 e. The second-order valence-electron chi connectivity index (χ2n) is 9.68. The molecule has 0 aliphatic heterocycles. The maximum absolute atomic E-state index is 13.6. The molecule has 1 aromatic carbocycles. The van der Waals surface area contributed by atoms with E-state index in [1.807, 2.05) is 0 Å². The highest BCUT2D eigenvalue weighted by atomic mass is 35.5. The minimum atomic E-state index is -0.611. The highest BCUT2D eigenvalue weighted by Gasteiger charge is 2.22. The number of benzene rings is 1. The van der Waals surface area contributed by atoms with Crippen molar-refractivity contribution in [1.82, 2.24) is 24.4 Å². The summed E-state index contributed by atoms with van der Waals surface area (Å²) in [4.78, 5) is 40.3. The number of nitriles is 1. The van der Waals surface area contributed by atoms with E-state index in [4.69, 9.17) is 27.1 Å². The van der Waals surface area contributed by atoms with Crippen LogP contribution < -0.4 is 16.6 Å². The lowest BCUT2D eigenvalue weighted by molar-refractivity contribution is 0.0295. The van der Waals surface area contributed by atoms with Crippen LogP contribution >= 0.6 is 11.6 Å². The van der Waals surface area contributed by atoms with Crippen molar-refractivity contribution in [2.45, 2.75) is 59.2 Å². The number of ether oxygens (including phenoxy) is 1. The maximum atomic E-state index is 13.6. The van der Waals surface area contributed by atoms with Crippen LogP contribution in [0.15, 0.2) is 23.0 Å². The van der Waals surface area contributed by atoms with Crippen LogP contribution in [0.4, 0.5) is 16.6 Å². The van der Waals surface area contributed by atoms with Crippen molar-refractivity contribution in [3.8, 4) is 6.07 Å². The molecule has 3 rings (SSSR count). The van der Waals surface area contributed by atoms with E-state index >= 15 is 0 Å². The normalized spacial score (nSPS) is 12.2. The highest BCUT2D eigenvalue weighted by Crippen LogP contribution is 2.25. The van der Waals surface area contributed by atoms with Gasteiger partial charge in [-0.05, 0) is 53.2 Å². The molecule has 0 aliphatic rings. The van der Waals surface area contributed by atoms with Gasteiger partial charge in [-0.1, -0.05) is 17.7 Å². The van der Waals surface area contributed by atoms with Gasteiger partial charge in [-0.2, -0.15) is 10.2 Å². The van der Waals surface area contributed by atoms with E-state index in [1.54, 1.807) is 59.9 Å². The molecule has 37 heavy (non-hydrogen) atoms. The third-order valence-electron chi connectivity index (χ3n) is 5.50. The number of halogens is 1. The predicted molar refractivity (Wildman–Crippen MR) is 142 cm³/mol. The number of fused-ring (bicyclic) bond motifs is 1. The van der Waals surface area contributed by atoms with Gasteiger partial charge in [0.25, 0.3) is 5.56 Å². The fourth-order valence-corrected chi connectivity index (χ4v) is 4.04.